The number of hydrogen-bond donors (Lipinski definition) is 0. The number of aromatic nitrogens is 1. The van der Waals surface area contributed by atoms with Gasteiger partial charge in [-0.2, -0.15) is 0 Å². The monoisotopic (exact) mass is 277 g/mol. The minimum absolute atomic E-state index is 0.00174. The summed E-state index contributed by atoms with van der Waals surface area (Å²) in [4.78, 5) is -1.17. The van der Waals surface area contributed by atoms with Crippen LogP contribution in [0.3, 0.4) is 0 Å². The maximum atomic E-state index is 13.3. The molecule has 0 saturated heterocycles. The first-order valence-corrected chi connectivity index (χ1v) is 6.32. The molecule has 0 aliphatic carbocycles. The molecule has 0 amide bonds. The summed E-state index contributed by atoms with van der Waals surface area (Å²) in [5.41, 5.74) is -0.00174. The van der Waals surface area contributed by atoms with Crippen molar-refractivity contribution in [2.75, 3.05) is 0 Å². The minimum Gasteiger partial charge on any atom is -0.364 e. The highest BCUT2D eigenvalue weighted by Crippen LogP contribution is 2.23. The Balaban J connectivity index is 2.48. The number of halogens is 3. The highest BCUT2D eigenvalue weighted by Gasteiger charge is 2.26. The van der Waals surface area contributed by atoms with Crippen molar-refractivity contribution in [3.8, 4) is 0 Å². The Bertz CT molecular complexity index is 645. The topological polar surface area (TPSA) is 60.2 Å². The molecule has 18 heavy (non-hydrogen) atoms. The van der Waals surface area contributed by atoms with Crippen molar-refractivity contribution < 1.29 is 26.1 Å². The summed E-state index contributed by atoms with van der Waals surface area (Å²) in [6, 6.07) is 1.86. The molecule has 2 rings (SSSR count). The van der Waals surface area contributed by atoms with Gasteiger partial charge >= 0.3 is 0 Å². The van der Waals surface area contributed by atoms with Crippen LogP contribution >= 0.6 is 0 Å². The van der Waals surface area contributed by atoms with Gasteiger partial charge in [0.15, 0.2) is 9.84 Å². The smallest absolute Gasteiger partial charge is 0.190 e. The third kappa shape index (κ3) is 2.37. The fraction of sp³-hybridized carbons (Fsp3) is 0.100. The van der Waals surface area contributed by atoms with Crippen LogP contribution in [0.25, 0.3) is 0 Å². The standard InChI is InChI=1S/C10H6F3NO3S/c11-6-3-8(12)10(9(13)4-6)18(15,16)5-7-1-2-17-14-7/h1-4H,5H2. The van der Waals surface area contributed by atoms with Gasteiger partial charge in [-0.15, -0.1) is 0 Å². The molecular formula is C10H6F3NO3S. The molecule has 8 heteroatoms. The first-order valence-electron chi connectivity index (χ1n) is 4.67. The van der Waals surface area contributed by atoms with E-state index in [-0.39, 0.29) is 5.69 Å². The summed E-state index contributed by atoms with van der Waals surface area (Å²) in [6.45, 7) is 0. The molecule has 0 bridgehead atoms. The van der Waals surface area contributed by atoms with Crippen molar-refractivity contribution in [1.29, 1.82) is 0 Å². The van der Waals surface area contributed by atoms with Crippen molar-refractivity contribution in [3.63, 3.8) is 0 Å². The largest absolute Gasteiger partial charge is 0.364 e. The van der Waals surface area contributed by atoms with Crippen LogP contribution in [0.1, 0.15) is 5.69 Å². The van der Waals surface area contributed by atoms with Crippen LogP contribution in [0.5, 0.6) is 0 Å². The van der Waals surface area contributed by atoms with E-state index in [1.165, 1.54) is 6.07 Å². The molecule has 0 radical (unpaired) electrons. The molecule has 96 valence electrons. The molecule has 0 atom stereocenters. The molecule has 1 heterocycles. The number of hydrogen-bond acceptors (Lipinski definition) is 4. The van der Waals surface area contributed by atoms with E-state index in [4.69, 9.17) is 0 Å². The van der Waals surface area contributed by atoms with Gasteiger partial charge in [-0.1, -0.05) is 5.16 Å². The van der Waals surface area contributed by atoms with Crippen LogP contribution in [0.4, 0.5) is 13.2 Å². The minimum atomic E-state index is -4.30. The number of sulfone groups is 1. The predicted molar refractivity (Wildman–Crippen MR) is 53.7 cm³/mol. The first kappa shape index (κ1) is 12.6. The van der Waals surface area contributed by atoms with Gasteiger partial charge in [-0.25, -0.2) is 21.6 Å². The maximum absolute atomic E-state index is 13.3. The Kier molecular flexibility index (Phi) is 3.12. The zero-order valence-corrected chi connectivity index (χ0v) is 9.55. The Hall–Kier alpha value is -1.83. The molecule has 0 fully saturated rings. The van der Waals surface area contributed by atoms with Crippen LogP contribution in [0, 0.1) is 17.5 Å². The molecule has 1 aromatic heterocycles. The fourth-order valence-corrected chi connectivity index (χ4v) is 2.80. The van der Waals surface area contributed by atoms with Crippen molar-refractivity contribution in [3.05, 3.63) is 47.6 Å². The van der Waals surface area contributed by atoms with Crippen LogP contribution in [0.2, 0.25) is 0 Å². The second kappa shape index (κ2) is 4.45. The van der Waals surface area contributed by atoms with Gasteiger partial charge in [-0.3, -0.25) is 0 Å². The number of nitrogens with zero attached hydrogens (tertiary/aromatic N) is 1. The summed E-state index contributed by atoms with van der Waals surface area (Å²) in [6.07, 6.45) is 1.13. The zero-order chi connectivity index (χ0) is 13.3. The molecule has 0 unspecified atom stereocenters. The van der Waals surface area contributed by atoms with Crippen LogP contribution in [-0.2, 0) is 15.6 Å². The highest BCUT2D eigenvalue weighted by molar-refractivity contribution is 7.90. The Morgan fingerprint density at radius 3 is 2.28 bits per heavy atom. The highest BCUT2D eigenvalue weighted by atomic mass is 32.2. The molecule has 0 saturated carbocycles. The number of rotatable bonds is 3. The van der Waals surface area contributed by atoms with Gasteiger partial charge in [0.2, 0.25) is 0 Å². The van der Waals surface area contributed by atoms with E-state index in [9.17, 15) is 21.6 Å². The van der Waals surface area contributed by atoms with E-state index in [1.54, 1.807) is 0 Å². The molecule has 0 aliphatic heterocycles. The first-order chi connectivity index (χ1) is 8.40. The lowest BCUT2D eigenvalue weighted by atomic mass is 10.3. The molecule has 4 nitrogen and oxygen atoms in total. The molecular weight excluding hydrogens is 271 g/mol. The van der Waals surface area contributed by atoms with Gasteiger partial charge in [0, 0.05) is 18.2 Å². The molecule has 0 spiro atoms. The van der Waals surface area contributed by atoms with Crippen molar-refractivity contribution in [1.82, 2.24) is 5.16 Å². The van der Waals surface area contributed by atoms with E-state index in [2.05, 4.69) is 9.68 Å². The van der Waals surface area contributed by atoms with E-state index >= 15 is 0 Å². The lowest BCUT2D eigenvalue weighted by Gasteiger charge is -2.05. The lowest BCUT2D eigenvalue weighted by molar-refractivity contribution is 0.413. The second-order valence-electron chi connectivity index (χ2n) is 3.45. The van der Waals surface area contributed by atoms with E-state index in [0.717, 1.165) is 6.26 Å². The van der Waals surface area contributed by atoms with Gasteiger partial charge in [-0.05, 0) is 0 Å². The average Bonchev–Trinajstić information content (AvgIpc) is 2.66. The van der Waals surface area contributed by atoms with Gasteiger partial charge < -0.3 is 4.52 Å². The van der Waals surface area contributed by atoms with E-state index in [0.29, 0.717) is 12.1 Å². The van der Waals surface area contributed by atoms with Crippen molar-refractivity contribution in [2.45, 2.75) is 10.6 Å². The van der Waals surface area contributed by atoms with Gasteiger partial charge in [0.1, 0.15) is 34.4 Å². The van der Waals surface area contributed by atoms with Crippen molar-refractivity contribution >= 4 is 9.84 Å². The Morgan fingerprint density at radius 1 is 1.17 bits per heavy atom. The van der Waals surface area contributed by atoms with Crippen molar-refractivity contribution in [2.24, 2.45) is 0 Å². The summed E-state index contributed by atoms with van der Waals surface area (Å²) >= 11 is 0. The third-order valence-corrected chi connectivity index (χ3v) is 3.79. The second-order valence-corrected chi connectivity index (χ2v) is 5.37. The fourth-order valence-electron chi connectivity index (χ4n) is 1.40. The molecule has 2 aromatic rings. The average molecular weight is 277 g/mol. The molecule has 1 aromatic carbocycles. The summed E-state index contributed by atoms with van der Waals surface area (Å²) in [5, 5.41) is 3.33. The summed E-state index contributed by atoms with van der Waals surface area (Å²) in [7, 11) is -4.30. The van der Waals surface area contributed by atoms with Crippen LogP contribution in [-0.4, -0.2) is 13.6 Å². The SMILES string of the molecule is O=S(=O)(Cc1ccon1)c1c(F)cc(F)cc1F. The van der Waals surface area contributed by atoms with E-state index in [1.807, 2.05) is 0 Å². The van der Waals surface area contributed by atoms with E-state index < -0.39 is 37.9 Å². The zero-order valence-electron chi connectivity index (χ0n) is 8.73. The number of benzene rings is 1. The third-order valence-electron chi connectivity index (χ3n) is 2.10. The molecule has 0 N–H and O–H groups in total. The van der Waals surface area contributed by atoms with Gasteiger partial charge in [0.05, 0.1) is 5.69 Å². The maximum Gasteiger partial charge on any atom is 0.190 e. The van der Waals surface area contributed by atoms with Crippen LogP contribution < -0.4 is 0 Å². The Labute approximate surface area is 99.9 Å². The van der Waals surface area contributed by atoms with Crippen LogP contribution in [0.15, 0.2) is 33.9 Å². The normalized spacial score (nSPS) is 11.7. The molecule has 0 aliphatic rings. The summed E-state index contributed by atoms with van der Waals surface area (Å²) in [5.74, 6) is -4.87. The Morgan fingerprint density at radius 2 is 1.78 bits per heavy atom. The van der Waals surface area contributed by atoms with Gasteiger partial charge in [0.25, 0.3) is 0 Å². The lowest BCUT2D eigenvalue weighted by Crippen LogP contribution is -2.10. The predicted octanol–water partition coefficient (Wildman–Crippen LogP) is 2.07. The quantitative estimate of drug-likeness (QED) is 0.806. The summed E-state index contributed by atoms with van der Waals surface area (Å²) < 4.78 is 67.3.